The average Bonchev–Trinajstić information content (AvgIpc) is 2.97. The van der Waals surface area contributed by atoms with Crippen LogP contribution in [0, 0.1) is 0 Å². The Morgan fingerprint density at radius 1 is 1.22 bits per heavy atom. The molecule has 0 unspecified atom stereocenters. The normalized spacial score (nSPS) is 10.7. The van der Waals surface area contributed by atoms with Gasteiger partial charge < -0.3 is 15.6 Å². The number of anilines is 1. The number of nitrogen functional groups attached to an aromatic ring is 1. The monoisotopic (exact) mass is 316 g/mol. The first kappa shape index (κ1) is 17.0. The number of hydrogen-bond acceptors (Lipinski definition) is 5. The molecule has 0 atom stereocenters. The number of nitrogens with two attached hydrogens (primary N) is 1. The summed E-state index contributed by atoms with van der Waals surface area (Å²) in [6.45, 7) is 2.70. The fourth-order valence-electron chi connectivity index (χ4n) is 2.24. The molecule has 1 heterocycles. The Hall–Kier alpha value is -2.37. The first-order valence-corrected chi connectivity index (χ1v) is 8.10. The SMILES string of the molecule is CCCc1noc(CCCC(=O)NCCc2ccc(N)cc2)n1. The van der Waals surface area contributed by atoms with E-state index in [4.69, 9.17) is 10.3 Å². The highest BCUT2D eigenvalue weighted by atomic mass is 16.5. The first-order valence-electron chi connectivity index (χ1n) is 8.10. The molecule has 1 amide bonds. The van der Waals surface area contributed by atoms with Gasteiger partial charge in [-0.1, -0.05) is 24.2 Å². The molecule has 0 radical (unpaired) electrons. The van der Waals surface area contributed by atoms with Gasteiger partial charge in [-0.15, -0.1) is 0 Å². The van der Waals surface area contributed by atoms with E-state index >= 15 is 0 Å². The van der Waals surface area contributed by atoms with Crippen molar-refractivity contribution in [3.05, 3.63) is 41.5 Å². The lowest BCUT2D eigenvalue weighted by Gasteiger charge is -2.05. The van der Waals surface area contributed by atoms with Crippen LogP contribution in [-0.2, 0) is 24.1 Å². The second-order valence-electron chi connectivity index (χ2n) is 5.55. The highest BCUT2D eigenvalue weighted by Gasteiger charge is 2.07. The van der Waals surface area contributed by atoms with Crippen molar-refractivity contribution >= 4 is 11.6 Å². The van der Waals surface area contributed by atoms with Crippen molar-refractivity contribution in [3.8, 4) is 0 Å². The second kappa shape index (κ2) is 8.92. The Balaban J connectivity index is 1.60. The van der Waals surface area contributed by atoms with Crippen molar-refractivity contribution in [1.82, 2.24) is 15.5 Å². The number of carbonyl (C=O) groups excluding carboxylic acids is 1. The molecule has 0 bridgehead atoms. The Morgan fingerprint density at radius 3 is 2.74 bits per heavy atom. The number of aromatic nitrogens is 2. The number of hydrogen-bond donors (Lipinski definition) is 2. The van der Waals surface area contributed by atoms with E-state index in [9.17, 15) is 4.79 Å². The van der Waals surface area contributed by atoms with E-state index in [0.717, 1.165) is 36.3 Å². The summed E-state index contributed by atoms with van der Waals surface area (Å²) in [7, 11) is 0. The largest absolute Gasteiger partial charge is 0.399 e. The third-order valence-electron chi connectivity index (χ3n) is 3.49. The molecular weight excluding hydrogens is 292 g/mol. The lowest BCUT2D eigenvalue weighted by molar-refractivity contribution is -0.121. The zero-order valence-corrected chi connectivity index (χ0v) is 13.5. The summed E-state index contributed by atoms with van der Waals surface area (Å²) in [5.74, 6) is 1.41. The molecule has 0 spiro atoms. The summed E-state index contributed by atoms with van der Waals surface area (Å²) in [6, 6.07) is 7.69. The molecule has 2 rings (SSSR count). The van der Waals surface area contributed by atoms with E-state index in [1.807, 2.05) is 24.3 Å². The minimum absolute atomic E-state index is 0.0498. The number of nitrogens with zero attached hydrogens (tertiary/aromatic N) is 2. The molecule has 3 N–H and O–H groups in total. The average molecular weight is 316 g/mol. The van der Waals surface area contributed by atoms with E-state index in [-0.39, 0.29) is 5.91 Å². The third-order valence-corrected chi connectivity index (χ3v) is 3.49. The topological polar surface area (TPSA) is 94.0 Å². The minimum Gasteiger partial charge on any atom is -0.399 e. The lowest BCUT2D eigenvalue weighted by Crippen LogP contribution is -2.25. The van der Waals surface area contributed by atoms with Crippen molar-refractivity contribution in [2.45, 2.75) is 45.4 Å². The van der Waals surface area contributed by atoms with Gasteiger partial charge in [-0.3, -0.25) is 4.79 Å². The zero-order chi connectivity index (χ0) is 16.5. The maximum atomic E-state index is 11.8. The zero-order valence-electron chi connectivity index (χ0n) is 13.5. The van der Waals surface area contributed by atoms with Crippen LogP contribution >= 0.6 is 0 Å². The van der Waals surface area contributed by atoms with Crippen LogP contribution in [0.3, 0.4) is 0 Å². The van der Waals surface area contributed by atoms with Crippen molar-refractivity contribution < 1.29 is 9.32 Å². The lowest BCUT2D eigenvalue weighted by atomic mass is 10.1. The molecule has 6 heteroatoms. The van der Waals surface area contributed by atoms with Gasteiger partial charge in [0, 0.05) is 31.5 Å². The van der Waals surface area contributed by atoms with Gasteiger partial charge in [-0.2, -0.15) is 4.98 Å². The van der Waals surface area contributed by atoms with E-state index in [1.165, 1.54) is 0 Å². The standard InChI is InChI=1S/C17H24N4O2/c1-2-4-15-20-17(23-21-15)6-3-5-16(22)19-12-11-13-7-9-14(18)10-8-13/h7-10H,2-6,11-12,18H2,1H3,(H,19,22). The maximum absolute atomic E-state index is 11.8. The third kappa shape index (κ3) is 6.10. The van der Waals surface area contributed by atoms with Crippen LogP contribution < -0.4 is 11.1 Å². The highest BCUT2D eigenvalue weighted by Crippen LogP contribution is 2.06. The van der Waals surface area contributed by atoms with Gasteiger partial charge in [0.05, 0.1) is 0 Å². The fourth-order valence-corrected chi connectivity index (χ4v) is 2.24. The van der Waals surface area contributed by atoms with Crippen LogP contribution in [0.25, 0.3) is 0 Å². The summed E-state index contributed by atoms with van der Waals surface area (Å²) in [5.41, 5.74) is 7.55. The molecular formula is C17H24N4O2. The van der Waals surface area contributed by atoms with E-state index in [1.54, 1.807) is 0 Å². The summed E-state index contributed by atoms with van der Waals surface area (Å²) in [5, 5.41) is 6.82. The highest BCUT2D eigenvalue weighted by molar-refractivity contribution is 5.75. The molecule has 23 heavy (non-hydrogen) atoms. The Labute approximate surface area is 136 Å². The van der Waals surface area contributed by atoms with Crippen LogP contribution in [-0.4, -0.2) is 22.6 Å². The maximum Gasteiger partial charge on any atom is 0.226 e. The number of carbonyl (C=O) groups is 1. The smallest absolute Gasteiger partial charge is 0.226 e. The molecule has 0 aliphatic rings. The Morgan fingerprint density at radius 2 is 2.00 bits per heavy atom. The number of rotatable bonds is 9. The number of amides is 1. The Bertz CT molecular complexity index is 607. The fraction of sp³-hybridized carbons (Fsp3) is 0.471. The van der Waals surface area contributed by atoms with Crippen LogP contribution in [0.15, 0.2) is 28.8 Å². The number of benzene rings is 1. The predicted octanol–water partition coefficient (Wildman–Crippen LogP) is 2.29. The van der Waals surface area contributed by atoms with Crippen LogP contribution in [0.2, 0.25) is 0 Å². The predicted molar refractivity (Wildman–Crippen MR) is 88.8 cm³/mol. The van der Waals surface area contributed by atoms with Gasteiger partial charge in [0.1, 0.15) is 0 Å². The van der Waals surface area contributed by atoms with Gasteiger partial charge in [-0.25, -0.2) is 0 Å². The molecule has 0 saturated heterocycles. The van der Waals surface area contributed by atoms with Gasteiger partial charge in [-0.05, 0) is 37.0 Å². The van der Waals surface area contributed by atoms with Gasteiger partial charge in [0.25, 0.3) is 0 Å². The van der Waals surface area contributed by atoms with Gasteiger partial charge in [0.15, 0.2) is 5.82 Å². The van der Waals surface area contributed by atoms with Crippen LogP contribution in [0.4, 0.5) is 5.69 Å². The van der Waals surface area contributed by atoms with E-state index in [0.29, 0.717) is 31.7 Å². The minimum atomic E-state index is 0.0498. The molecule has 0 fully saturated rings. The molecule has 6 nitrogen and oxygen atoms in total. The summed E-state index contributed by atoms with van der Waals surface area (Å²) < 4.78 is 5.14. The molecule has 1 aromatic heterocycles. The van der Waals surface area contributed by atoms with E-state index < -0.39 is 0 Å². The van der Waals surface area contributed by atoms with Gasteiger partial charge in [0.2, 0.25) is 11.8 Å². The molecule has 1 aromatic carbocycles. The molecule has 124 valence electrons. The first-order chi connectivity index (χ1) is 11.2. The quantitative estimate of drug-likeness (QED) is 0.692. The van der Waals surface area contributed by atoms with Crippen molar-refractivity contribution in [2.75, 3.05) is 12.3 Å². The second-order valence-corrected chi connectivity index (χ2v) is 5.55. The van der Waals surface area contributed by atoms with Crippen LogP contribution in [0.5, 0.6) is 0 Å². The summed E-state index contributed by atoms with van der Waals surface area (Å²) in [4.78, 5) is 16.1. The van der Waals surface area contributed by atoms with Crippen molar-refractivity contribution in [1.29, 1.82) is 0 Å². The number of nitrogens with one attached hydrogen (secondary N) is 1. The van der Waals surface area contributed by atoms with Crippen molar-refractivity contribution in [3.63, 3.8) is 0 Å². The molecule has 0 aliphatic heterocycles. The molecule has 0 aliphatic carbocycles. The van der Waals surface area contributed by atoms with Gasteiger partial charge >= 0.3 is 0 Å². The van der Waals surface area contributed by atoms with E-state index in [2.05, 4.69) is 22.4 Å². The Kier molecular flexibility index (Phi) is 6.59. The van der Waals surface area contributed by atoms with Crippen LogP contribution in [0.1, 0.15) is 43.5 Å². The molecule has 2 aromatic rings. The number of aryl methyl sites for hydroxylation is 2. The summed E-state index contributed by atoms with van der Waals surface area (Å²) >= 11 is 0. The summed E-state index contributed by atoms with van der Waals surface area (Å²) in [6.07, 6.45) is 4.44. The van der Waals surface area contributed by atoms with Crippen molar-refractivity contribution in [2.24, 2.45) is 0 Å². The molecule has 0 saturated carbocycles.